The summed E-state index contributed by atoms with van der Waals surface area (Å²) in [6.45, 7) is 2.19. The van der Waals surface area contributed by atoms with E-state index in [9.17, 15) is 0 Å². The highest BCUT2D eigenvalue weighted by atomic mass is 35.5. The average molecular weight is 254 g/mol. The largest absolute Gasteiger partial charge is 0.341 e. The van der Waals surface area contributed by atoms with Crippen molar-refractivity contribution in [2.24, 2.45) is 5.92 Å². The van der Waals surface area contributed by atoms with Crippen molar-refractivity contribution < 1.29 is 0 Å². The molecule has 0 bridgehead atoms. The minimum atomic E-state index is 0.802. The van der Waals surface area contributed by atoms with Crippen molar-refractivity contribution in [3.63, 3.8) is 0 Å². The number of nitrogens with zero attached hydrogens (tertiary/aromatic N) is 3. The highest BCUT2D eigenvalue weighted by Crippen LogP contribution is 2.24. The predicted molar refractivity (Wildman–Crippen MR) is 71.5 cm³/mol. The maximum atomic E-state index is 5.70. The van der Waals surface area contributed by atoms with Gasteiger partial charge in [-0.3, -0.25) is 0 Å². The van der Waals surface area contributed by atoms with E-state index in [2.05, 4.69) is 14.9 Å². The molecule has 94 valence electrons. The Labute approximate surface area is 108 Å². The predicted octanol–water partition coefficient (Wildman–Crippen LogP) is 3.10. The topological polar surface area (TPSA) is 29.0 Å². The number of halogens is 1. The van der Waals surface area contributed by atoms with Gasteiger partial charge < -0.3 is 4.90 Å². The molecule has 0 aliphatic carbocycles. The lowest BCUT2D eigenvalue weighted by molar-refractivity contribution is 0.369. The maximum absolute atomic E-state index is 5.70. The van der Waals surface area contributed by atoms with Crippen LogP contribution in [0, 0.1) is 5.92 Å². The van der Waals surface area contributed by atoms with Crippen LogP contribution in [-0.4, -0.2) is 28.9 Å². The minimum Gasteiger partial charge on any atom is -0.341 e. The molecule has 3 nitrogen and oxygen atoms in total. The van der Waals surface area contributed by atoms with E-state index in [1.807, 2.05) is 18.5 Å². The molecule has 0 unspecified atom stereocenters. The first-order valence-corrected chi connectivity index (χ1v) is 7.01. The molecule has 0 saturated carbocycles. The van der Waals surface area contributed by atoms with Crippen LogP contribution in [0.4, 0.5) is 5.95 Å². The standard InChI is InChI=1S/C13H20ClN3/c14-7-2-1-4-12-5-10-17(11-6-12)13-15-8-3-9-16-13/h3,8-9,12H,1-2,4-7,10-11H2. The fourth-order valence-electron chi connectivity index (χ4n) is 2.40. The van der Waals surface area contributed by atoms with Gasteiger partial charge in [-0.1, -0.05) is 12.8 Å². The van der Waals surface area contributed by atoms with Gasteiger partial charge in [-0.25, -0.2) is 9.97 Å². The molecule has 2 rings (SSSR count). The molecule has 1 aliphatic heterocycles. The van der Waals surface area contributed by atoms with Gasteiger partial charge in [-0.15, -0.1) is 11.6 Å². The van der Waals surface area contributed by atoms with Crippen molar-refractivity contribution in [2.45, 2.75) is 32.1 Å². The summed E-state index contributed by atoms with van der Waals surface area (Å²) in [6, 6.07) is 1.86. The average Bonchev–Trinajstić information content (AvgIpc) is 2.41. The number of piperidine rings is 1. The molecule has 0 N–H and O–H groups in total. The second kappa shape index (κ2) is 6.80. The van der Waals surface area contributed by atoms with Crippen LogP contribution in [-0.2, 0) is 0 Å². The van der Waals surface area contributed by atoms with Gasteiger partial charge in [0.25, 0.3) is 0 Å². The Kier molecular flexibility index (Phi) is 5.05. The normalized spacial score (nSPS) is 17.4. The molecule has 17 heavy (non-hydrogen) atoms. The number of aromatic nitrogens is 2. The van der Waals surface area contributed by atoms with Gasteiger partial charge in [0.1, 0.15) is 0 Å². The Morgan fingerprint density at radius 3 is 2.53 bits per heavy atom. The van der Waals surface area contributed by atoms with Crippen molar-refractivity contribution in [1.82, 2.24) is 9.97 Å². The molecular formula is C13H20ClN3. The van der Waals surface area contributed by atoms with Crippen LogP contribution in [0.5, 0.6) is 0 Å². The maximum Gasteiger partial charge on any atom is 0.225 e. The summed E-state index contributed by atoms with van der Waals surface area (Å²) in [5, 5.41) is 0. The van der Waals surface area contributed by atoms with Crippen LogP contribution in [0.15, 0.2) is 18.5 Å². The third kappa shape index (κ3) is 3.84. The molecule has 0 spiro atoms. The van der Waals surface area contributed by atoms with Crippen molar-refractivity contribution >= 4 is 17.5 Å². The van der Waals surface area contributed by atoms with Crippen LogP contribution in [0.1, 0.15) is 32.1 Å². The van der Waals surface area contributed by atoms with Crippen LogP contribution >= 0.6 is 11.6 Å². The molecule has 0 aromatic carbocycles. The third-order valence-corrected chi connectivity index (χ3v) is 3.71. The van der Waals surface area contributed by atoms with E-state index in [4.69, 9.17) is 11.6 Å². The summed E-state index contributed by atoms with van der Waals surface area (Å²) >= 11 is 5.70. The quantitative estimate of drug-likeness (QED) is 0.597. The van der Waals surface area contributed by atoms with E-state index in [1.54, 1.807) is 0 Å². The van der Waals surface area contributed by atoms with Gasteiger partial charge in [-0.2, -0.15) is 0 Å². The number of alkyl halides is 1. The Balaban J connectivity index is 1.74. The fraction of sp³-hybridized carbons (Fsp3) is 0.692. The van der Waals surface area contributed by atoms with E-state index in [0.29, 0.717) is 0 Å². The Hall–Kier alpha value is -0.830. The summed E-state index contributed by atoms with van der Waals surface area (Å²) in [7, 11) is 0. The van der Waals surface area contributed by atoms with E-state index in [-0.39, 0.29) is 0 Å². The first-order chi connectivity index (χ1) is 8.40. The lowest BCUT2D eigenvalue weighted by Crippen LogP contribution is -2.34. The first-order valence-electron chi connectivity index (χ1n) is 6.48. The van der Waals surface area contributed by atoms with Gasteiger partial charge >= 0.3 is 0 Å². The van der Waals surface area contributed by atoms with Crippen molar-refractivity contribution in [1.29, 1.82) is 0 Å². The van der Waals surface area contributed by atoms with Crippen LogP contribution < -0.4 is 4.90 Å². The van der Waals surface area contributed by atoms with Crippen LogP contribution in [0.25, 0.3) is 0 Å². The van der Waals surface area contributed by atoms with E-state index in [0.717, 1.165) is 37.3 Å². The molecule has 4 heteroatoms. The second-order valence-corrected chi connectivity index (χ2v) is 5.04. The monoisotopic (exact) mass is 253 g/mol. The van der Waals surface area contributed by atoms with Gasteiger partial charge in [0.2, 0.25) is 5.95 Å². The number of anilines is 1. The highest BCUT2D eigenvalue weighted by Gasteiger charge is 2.20. The molecule has 0 radical (unpaired) electrons. The molecular weight excluding hydrogens is 234 g/mol. The van der Waals surface area contributed by atoms with Crippen LogP contribution in [0.3, 0.4) is 0 Å². The van der Waals surface area contributed by atoms with Crippen LogP contribution in [0.2, 0.25) is 0 Å². The number of unbranched alkanes of at least 4 members (excludes halogenated alkanes) is 1. The minimum absolute atomic E-state index is 0.802. The SMILES string of the molecule is ClCCCCC1CCN(c2ncccn2)CC1. The van der Waals surface area contributed by atoms with Gasteiger partial charge in [-0.05, 0) is 31.2 Å². The molecule has 1 fully saturated rings. The highest BCUT2D eigenvalue weighted by molar-refractivity contribution is 6.17. The summed E-state index contributed by atoms with van der Waals surface area (Å²) in [5.74, 6) is 2.56. The van der Waals surface area contributed by atoms with Crippen molar-refractivity contribution in [2.75, 3.05) is 23.9 Å². The Morgan fingerprint density at radius 1 is 1.18 bits per heavy atom. The second-order valence-electron chi connectivity index (χ2n) is 4.66. The molecule has 0 amide bonds. The van der Waals surface area contributed by atoms with E-state index < -0.39 is 0 Å². The first kappa shape index (κ1) is 12.6. The summed E-state index contributed by atoms with van der Waals surface area (Å²) in [6.07, 6.45) is 9.92. The zero-order valence-electron chi connectivity index (χ0n) is 10.2. The summed E-state index contributed by atoms with van der Waals surface area (Å²) < 4.78 is 0. The lowest BCUT2D eigenvalue weighted by atomic mass is 9.92. The fourth-order valence-corrected chi connectivity index (χ4v) is 2.59. The molecule has 1 aliphatic rings. The summed E-state index contributed by atoms with van der Waals surface area (Å²) in [4.78, 5) is 10.9. The van der Waals surface area contributed by atoms with E-state index in [1.165, 1.54) is 25.7 Å². The molecule has 0 atom stereocenters. The number of hydrogen-bond donors (Lipinski definition) is 0. The van der Waals surface area contributed by atoms with Crippen molar-refractivity contribution in [3.05, 3.63) is 18.5 Å². The summed E-state index contributed by atoms with van der Waals surface area (Å²) in [5.41, 5.74) is 0. The molecule has 1 aromatic rings. The molecule has 2 heterocycles. The molecule has 1 aromatic heterocycles. The van der Waals surface area contributed by atoms with E-state index >= 15 is 0 Å². The molecule has 1 saturated heterocycles. The zero-order valence-corrected chi connectivity index (χ0v) is 10.9. The Bertz CT molecular complexity index is 310. The van der Waals surface area contributed by atoms with Crippen molar-refractivity contribution in [3.8, 4) is 0 Å². The van der Waals surface area contributed by atoms with Gasteiger partial charge in [0.05, 0.1) is 0 Å². The van der Waals surface area contributed by atoms with Gasteiger partial charge in [0.15, 0.2) is 0 Å². The smallest absolute Gasteiger partial charge is 0.225 e. The number of rotatable bonds is 5. The number of hydrogen-bond acceptors (Lipinski definition) is 3. The third-order valence-electron chi connectivity index (χ3n) is 3.45. The lowest BCUT2D eigenvalue weighted by Gasteiger charge is -2.31. The van der Waals surface area contributed by atoms with Gasteiger partial charge in [0, 0.05) is 31.4 Å². The zero-order chi connectivity index (χ0) is 11.9. The Morgan fingerprint density at radius 2 is 1.88 bits per heavy atom.